The minimum absolute atomic E-state index is 0.0714. The minimum Gasteiger partial charge on any atom is -0.497 e. The summed E-state index contributed by atoms with van der Waals surface area (Å²) in [6, 6.07) is 12.1. The van der Waals surface area contributed by atoms with E-state index in [1.807, 2.05) is 0 Å². The molecular formula is C23H21N3O7S. The van der Waals surface area contributed by atoms with Gasteiger partial charge in [-0.05, 0) is 42.0 Å². The number of anilines is 1. The number of fused-ring (bicyclic) bond motifs is 1. The van der Waals surface area contributed by atoms with Gasteiger partial charge in [0.05, 0.1) is 39.1 Å². The van der Waals surface area contributed by atoms with Gasteiger partial charge in [0.1, 0.15) is 27.8 Å². The summed E-state index contributed by atoms with van der Waals surface area (Å²) in [6.07, 6.45) is 1.44. The molecule has 34 heavy (non-hydrogen) atoms. The highest BCUT2D eigenvalue weighted by molar-refractivity contribution is 7.92. The number of amides is 2. The number of ether oxygens (including phenoxy) is 3. The molecule has 176 valence electrons. The average Bonchev–Trinajstić information content (AvgIpc) is 3.09. The minimum atomic E-state index is -4.14. The fourth-order valence-electron chi connectivity index (χ4n) is 3.55. The maximum atomic E-state index is 13.3. The van der Waals surface area contributed by atoms with Crippen molar-refractivity contribution in [1.82, 2.24) is 9.88 Å². The summed E-state index contributed by atoms with van der Waals surface area (Å²) in [5.74, 6) is -0.185. The molecule has 3 aromatic rings. The van der Waals surface area contributed by atoms with Crippen molar-refractivity contribution in [2.75, 3.05) is 26.1 Å². The lowest BCUT2D eigenvalue weighted by Gasteiger charge is -2.17. The number of nitrogens with zero attached hydrogens (tertiary/aromatic N) is 2. The van der Waals surface area contributed by atoms with Crippen LogP contribution in [0.25, 0.3) is 0 Å². The highest BCUT2D eigenvalue weighted by Crippen LogP contribution is 2.33. The predicted molar refractivity (Wildman–Crippen MR) is 122 cm³/mol. The molecular weight excluding hydrogens is 462 g/mol. The Morgan fingerprint density at radius 3 is 2.35 bits per heavy atom. The Morgan fingerprint density at radius 2 is 1.68 bits per heavy atom. The maximum absolute atomic E-state index is 13.3. The summed E-state index contributed by atoms with van der Waals surface area (Å²) in [5.41, 5.74) is 0.892. The topological polar surface area (TPSA) is 124 Å². The van der Waals surface area contributed by atoms with Crippen molar-refractivity contribution in [3.05, 3.63) is 71.5 Å². The van der Waals surface area contributed by atoms with Crippen molar-refractivity contribution in [2.24, 2.45) is 0 Å². The number of imide groups is 1. The standard InChI is InChI=1S/C23H21N3O7S/c1-31-15-7-8-17(19(12-15)33-3)25-34(29,30)20-11-14(6-9-18(20)32-2)13-26-22(27)16-5-4-10-24-21(16)23(26)28/h4-12,25H,13H2,1-3H3. The normalized spacial score (nSPS) is 13.0. The molecule has 2 heterocycles. The Balaban J connectivity index is 1.66. The van der Waals surface area contributed by atoms with E-state index >= 15 is 0 Å². The number of methoxy groups -OCH3 is 3. The first kappa shape index (κ1) is 23.1. The second-order valence-electron chi connectivity index (χ2n) is 7.25. The van der Waals surface area contributed by atoms with E-state index in [-0.39, 0.29) is 39.9 Å². The van der Waals surface area contributed by atoms with E-state index < -0.39 is 21.8 Å². The monoisotopic (exact) mass is 483 g/mol. The third-order valence-corrected chi connectivity index (χ3v) is 6.63. The molecule has 0 saturated heterocycles. The smallest absolute Gasteiger partial charge is 0.280 e. The second kappa shape index (κ2) is 9.02. The lowest BCUT2D eigenvalue weighted by atomic mass is 10.2. The largest absolute Gasteiger partial charge is 0.497 e. The first-order chi connectivity index (χ1) is 16.3. The number of benzene rings is 2. The summed E-state index contributed by atoms with van der Waals surface area (Å²) in [4.78, 5) is 30.2. The molecule has 1 aliphatic heterocycles. The Labute approximate surface area is 196 Å². The number of sulfonamides is 1. The van der Waals surface area contributed by atoms with Gasteiger partial charge < -0.3 is 14.2 Å². The molecule has 10 nitrogen and oxygen atoms in total. The van der Waals surface area contributed by atoms with Gasteiger partial charge in [-0.2, -0.15) is 0 Å². The van der Waals surface area contributed by atoms with Gasteiger partial charge in [-0.25, -0.2) is 8.42 Å². The van der Waals surface area contributed by atoms with Crippen molar-refractivity contribution in [1.29, 1.82) is 0 Å². The summed E-state index contributed by atoms with van der Waals surface area (Å²) >= 11 is 0. The third kappa shape index (κ3) is 4.13. The van der Waals surface area contributed by atoms with Crippen LogP contribution >= 0.6 is 0 Å². The van der Waals surface area contributed by atoms with E-state index in [0.717, 1.165) is 4.90 Å². The molecule has 0 saturated carbocycles. The molecule has 0 atom stereocenters. The van der Waals surface area contributed by atoms with Gasteiger partial charge in [-0.15, -0.1) is 0 Å². The lowest BCUT2D eigenvalue weighted by Crippen LogP contribution is -2.29. The second-order valence-corrected chi connectivity index (χ2v) is 8.90. The molecule has 1 aromatic heterocycles. The average molecular weight is 484 g/mol. The van der Waals surface area contributed by atoms with Crippen LogP contribution in [0.1, 0.15) is 26.4 Å². The van der Waals surface area contributed by atoms with Gasteiger partial charge in [0, 0.05) is 12.3 Å². The van der Waals surface area contributed by atoms with Crippen molar-refractivity contribution in [3.8, 4) is 17.2 Å². The molecule has 4 rings (SSSR count). The molecule has 11 heteroatoms. The van der Waals surface area contributed by atoms with Gasteiger partial charge >= 0.3 is 0 Å². The molecule has 2 amide bonds. The van der Waals surface area contributed by atoms with Crippen LogP contribution in [0.4, 0.5) is 5.69 Å². The molecule has 0 bridgehead atoms. The maximum Gasteiger partial charge on any atom is 0.280 e. The number of hydrogen-bond donors (Lipinski definition) is 1. The van der Waals surface area contributed by atoms with E-state index in [1.54, 1.807) is 24.3 Å². The van der Waals surface area contributed by atoms with Crippen LogP contribution in [0.2, 0.25) is 0 Å². The van der Waals surface area contributed by atoms with E-state index in [0.29, 0.717) is 11.3 Å². The zero-order chi connectivity index (χ0) is 24.5. The third-order valence-electron chi connectivity index (χ3n) is 5.24. The Hall–Kier alpha value is -4.12. The van der Waals surface area contributed by atoms with Gasteiger partial charge in [0.2, 0.25) is 0 Å². The molecule has 1 N–H and O–H groups in total. The first-order valence-electron chi connectivity index (χ1n) is 10.0. The fraction of sp³-hybridized carbons (Fsp3) is 0.174. The molecule has 0 radical (unpaired) electrons. The van der Waals surface area contributed by atoms with E-state index in [9.17, 15) is 18.0 Å². The van der Waals surface area contributed by atoms with Crippen LogP contribution in [-0.2, 0) is 16.6 Å². The number of rotatable bonds is 8. The number of pyridine rings is 1. The van der Waals surface area contributed by atoms with Gasteiger partial charge in [0.25, 0.3) is 21.8 Å². The number of hydrogen-bond acceptors (Lipinski definition) is 8. The highest BCUT2D eigenvalue weighted by atomic mass is 32.2. The molecule has 2 aromatic carbocycles. The molecule has 0 unspecified atom stereocenters. The molecule has 1 aliphatic rings. The first-order valence-corrected chi connectivity index (χ1v) is 11.5. The van der Waals surface area contributed by atoms with Crippen LogP contribution in [0, 0.1) is 0 Å². The van der Waals surface area contributed by atoms with Crippen LogP contribution in [0.15, 0.2) is 59.6 Å². The summed E-state index contributed by atoms with van der Waals surface area (Å²) in [5, 5.41) is 0. The van der Waals surface area contributed by atoms with Gasteiger partial charge in [-0.1, -0.05) is 6.07 Å². The highest BCUT2D eigenvalue weighted by Gasteiger charge is 2.36. The number of aromatic nitrogens is 1. The van der Waals surface area contributed by atoms with Crippen LogP contribution < -0.4 is 18.9 Å². The Bertz CT molecular complexity index is 1350. The van der Waals surface area contributed by atoms with Gasteiger partial charge in [-0.3, -0.25) is 24.2 Å². The lowest BCUT2D eigenvalue weighted by molar-refractivity contribution is 0.0640. The van der Waals surface area contributed by atoms with Crippen molar-refractivity contribution in [2.45, 2.75) is 11.4 Å². The zero-order valence-electron chi connectivity index (χ0n) is 18.6. The van der Waals surface area contributed by atoms with Crippen LogP contribution in [0.3, 0.4) is 0 Å². The van der Waals surface area contributed by atoms with E-state index in [2.05, 4.69) is 9.71 Å². The Morgan fingerprint density at radius 1 is 0.912 bits per heavy atom. The van der Waals surface area contributed by atoms with Crippen molar-refractivity contribution >= 4 is 27.5 Å². The van der Waals surface area contributed by atoms with Crippen molar-refractivity contribution in [3.63, 3.8) is 0 Å². The quantitative estimate of drug-likeness (QED) is 0.485. The molecule has 0 spiro atoms. The van der Waals surface area contributed by atoms with E-state index in [1.165, 1.54) is 51.8 Å². The predicted octanol–water partition coefficient (Wildman–Crippen LogP) is 2.70. The van der Waals surface area contributed by atoms with Crippen LogP contribution in [-0.4, -0.2) is 51.4 Å². The Kier molecular flexibility index (Phi) is 6.12. The fourth-order valence-corrected chi connectivity index (χ4v) is 4.84. The SMILES string of the molecule is COc1ccc(NS(=O)(=O)c2cc(CN3C(=O)c4cccnc4C3=O)ccc2OC)c(OC)c1. The summed E-state index contributed by atoms with van der Waals surface area (Å²) < 4.78 is 44.7. The number of carbonyl (C=O) groups excluding carboxylic acids is 2. The zero-order valence-corrected chi connectivity index (χ0v) is 19.4. The van der Waals surface area contributed by atoms with Crippen molar-refractivity contribution < 1.29 is 32.2 Å². The molecule has 0 aliphatic carbocycles. The summed E-state index contributed by atoms with van der Waals surface area (Å²) in [7, 11) is 0.0965. The van der Waals surface area contributed by atoms with Gasteiger partial charge in [0.15, 0.2) is 0 Å². The van der Waals surface area contributed by atoms with Crippen LogP contribution in [0.5, 0.6) is 17.2 Å². The van der Waals surface area contributed by atoms with E-state index in [4.69, 9.17) is 14.2 Å². The molecule has 0 fully saturated rings. The summed E-state index contributed by atoms with van der Waals surface area (Å²) in [6.45, 7) is -0.133. The number of carbonyl (C=O) groups is 2. The number of nitrogens with one attached hydrogen (secondary N) is 1.